The van der Waals surface area contributed by atoms with Gasteiger partial charge in [0.15, 0.2) is 0 Å². The largest absolute Gasteiger partial charge is 0.137 e. The molecule has 0 saturated heterocycles. The highest BCUT2D eigenvalue weighted by molar-refractivity contribution is 4.94. The summed E-state index contributed by atoms with van der Waals surface area (Å²) in [6.07, 6.45) is 5.58. The van der Waals surface area contributed by atoms with Crippen molar-refractivity contribution in [3.63, 3.8) is 0 Å². The molecule has 0 aliphatic heterocycles. The van der Waals surface area contributed by atoms with Crippen molar-refractivity contribution in [2.24, 2.45) is 0 Å². The molecule has 8 heavy (non-hydrogen) atoms. The second-order valence-electron chi connectivity index (χ2n) is 1.01. The molecule has 0 heterocycles. The molecule has 0 atom stereocenters. The number of rotatable bonds is 1. The minimum absolute atomic E-state index is 1.75. The van der Waals surface area contributed by atoms with Crippen molar-refractivity contribution in [1.82, 2.24) is 0 Å². The first-order valence-corrected chi connectivity index (χ1v) is 2.36. The summed E-state index contributed by atoms with van der Waals surface area (Å²) < 4.78 is 0. The van der Waals surface area contributed by atoms with E-state index in [1.165, 1.54) is 0 Å². The van der Waals surface area contributed by atoms with Crippen LogP contribution in [0.4, 0.5) is 0 Å². The molecular weight excluding hydrogens is 96.1 g/mol. The van der Waals surface area contributed by atoms with Gasteiger partial charge in [-0.2, -0.15) is 0 Å². The number of hydrogen-bond acceptors (Lipinski definition) is 0. The van der Waals surface area contributed by atoms with Gasteiger partial charge in [0.25, 0.3) is 0 Å². The highest BCUT2D eigenvalue weighted by Crippen LogP contribution is 1.64. The molecule has 44 valence electrons. The molecule has 0 aromatic rings. The predicted molar refractivity (Wildman–Crippen MR) is 39.8 cm³/mol. The molecule has 0 saturated carbocycles. The molecule has 0 rings (SSSR count). The van der Waals surface area contributed by atoms with Crippen LogP contribution in [0.1, 0.15) is 6.92 Å². The van der Waals surface area contributed by atoms with E-state index in [9.17, 15) is 0 Å². The van der Waals surface area contributed by atoms with Gasteiger partial charge in [0.2, 0.25) is 0 Å². The summed E-state index contributed by atoms with van der Waals surface area (Å²) in [4.78, 5) is 0. The van der Waals surface area contributed by atoms with Gasteiger partial charge < -0.3 is 0 Å². The van der Waals surface area contributed by atoms with Crippen molar-refractivity contribution < 1.29 is 0 Å². The summed E-state index contributed by atoms with van der Waals surface area (Å²) in [6.45, 7) is 11.7. The molecule has 0 fully saturated rings. The van der Waals surface area contributed by atoms with Crippen LogP contribution in [0, 0.1) is 0 Å². The summed E-state index contributed by atoms with van der Waals surface area (Å²) in [6, 6.07) is 0. The van der Waals surface area contributed by atoms with Gasteiger partial charge >= 0.3 is 0 Å². The Labute approximate surface area is 51.5 Å². The zero-order valence-corrected chi connectivity index (χ0v) is 5.35. The lowest BCUT2D eigenvalue weighted by Gasteiger charge is -1.56. The van der Waals surface area contributed by atoms with Crippen molar-refractivity contribution >= 4 is 0 Å². The molecule has 0 nitrogen and oxygen atoms in total. The van der Waals surface area contributed by atoms with Gasteiger partial charge in [-0.15, -0.1) is 5.73 Å². The molecule has 0 heteroatoms. The van der Waals surface area contributed by atoms with Crippen LogP contribution in [-0.2, 0) is 0 Å². The standard InChI is InChI=1S/C5H8.C3H4/c1-3-5-4-2;1-3-2/h3-5H,1H2,2H3;1-2H2. The average molecular weight is 108 g/mol. The van der Waals surface area contributed by atoms with E-state index in [2.05, 4.69) is 25.5 Å². The molecule has 0 amide bonds. The van der Waals surface area contributed by atoms with Crippen molar-refractivity contribution in [3.8, 4) is 0 Å². The topological polar surface area (TPSA) is 0 Å². The van der Waals surface area contributed by atoms with Gasteiger partial charge in [0.05, 0.1) is 0 Å². The minimum Gasteiger partial charge on any atom is -0.137 e. The van der Waals surface area contributed by atoms with Crippen LogP contribution in [0.15, 0.2) is 43.7 Å². The second kappa shape index (κ2) is 16.7. The third-order valence-corrected chi connectivity index (χ3v) is 0.329. The second-order valence-corrected chi connectivity index (χ2v) is 1.01. The molecule has 0 N–H and O–H groups in total. The van der Waals surface area contributed by atoms with Gasteiger partial charge in [0, 0.05) is 0 Å². The van der Waals surface area contributed by atoms with E-state index >= 15 is 0 Å². The quantitative estimate of drug-likeness (QED) is 0.358. The summed E-state index contributed by atoms with van der Waals surface area (Å²) in [7, 11) is 0. The molecule has 0 aromatic heterocycles. The van der Waals surface area contributed by atoms with Crippen LogP contribution in [0.2, 0.25) is 0 Å². The zero-order chi connectivity index (χ0) is 6.83. The van der Waals surface area contributed by atoms with Crippen LogP contribution in [-0.4, -0.2) is 0 Å². The fraction of sp³-hybridized carbons (Fsp3) is 0.125. The molecule has 0 aromatic carbocycles. The Morgan fingerprint density at radius 3 is 1.75 bits per heavy atom. The number of allylic oxidation sites excluding steroid dienone is 3. The van der Waals surface area contributed by atoms with E-state index in [4.69, 9.17) is 0 Å². The van der Waals surface area contributed by atoms with E-state index < -0.39 is 0 Å². The van der Waals surface area contributed by atoms with Gasteiger partial charge in [-0.25, -0.2) is 0 Å². The van der Waals surface area contributed by atoms with Crippen LogP contribution in [0.25, 0.3) is 0 Å². The Morgan fingerprint density at radius 2 is 1.75 bits per heavy atom. The Kier molecular flexibility index (Phi) is 21.0. The van der Waals surface area contributed by atoms with Gasteiger partial charge in [-0.05, 0) is 6.92 Å². The Bertz CT molecular complexity index is 90.6. The van der Waals surface area contributed by atoms with E-state index in [1.54, 1.807) is 6.08 Å². The lowest BCUT2D eigenvalue weighted by atomic mass is 10.5. The van der Waals surface area contributed by atoms with Crippen LogP contribution < -0.4 is 0 Å². The molecule has 0 unspecified atom stereocenters. The summed E-state index contributed by atoms with van der Waals surface area (Å²) in [5, 5.41) is 0. The third kappa shape index (κ3) is 80.0. The fourth-order valence-electron chi connectivity index (χ4n) is 0.136. The maximum atomic E-state index is 3.46. The number of hydrogen-bond donors (Lipinski definition) is 0. The first-order chi connectivity index (χ1) is 3.83. The molecule has 0 bridgehead atoms. The predicted octanol–water partition coefficient (Wildman–Crippen LogP) is 2.71. The van der Waals surface area contributed by atoms with Crippen LogP contribution >= 0.6 is 0 Å². The fourth-order valence-corrected chi connectivity index (χ4v) is 0.136. The maximum absolute atomic E-state index is 3.46. The first kappa shape index (κ1) is 10.1. The van der Waals surface area contributed by atoms with Gasteiger partial charge in [-0.1, -0.05) is 38.0 Å². The van der Waals surface area contributed by atoms with E-state index in [-0.39, 0.29) is 0 Å². The summed E-state index contributed by atoms with van der Waals surface area (Å²) in [5.41, 5.74) is 2.25. The Morgan fingerprint density at radius 1 is 1.38 bits per heavy atom. The van der Waals surface area contributed by atoms with Crippen LogP contribution in [0.5, 0.6) is 0 Å². The smallest absolute Gasteiger partial charge is 0.0467 e. The molecular formula is C8H12. The maximum Gasteiger partial charge on any atom is -0.0467 e. The monoisotopic (exact) mass is 108 g/mol. The lowest BCUT2D eigenvalue weighted by Crippen LogP contribution is -1.33. The lowest BCUT2D eigenvalue weighted by molar-refractivity contribution is 1.74. The SMILES string of the molecule is C=C=C.C=CC=CC. The summed E-state index contributed by atoms with van der Waals surface area (Å²) >= 11 is 0. The van der Waals surface area contributed by atoms with Crippen molar-refractivity contribution in [3.05, 3.63) is 43.7 Å². The Hall–Kier alpha value is -1.00. The zero-order valence-electron chi connectivity index (χ0n) is 5.35. The van der Waals surface area contributed by atoms with E-state index in [0.29, 0.717) is 0 Å². The first-order valence-electron chi connectivity index (χ1n) is 2.36. The molecule has 0 aliphatic rings. The summed E-state index contributed by atoms with van der Waals surface area (Å²) in [5.74, 6) is 0. The average Bonchev–Trinajstić information content (AvgIpc) is 1.71. The minimum atomic E-state index is 1.75. The van der Waals surface area contributed by atoms with E-state index in [1.807, 2.05) is 19.1 Å². The van der Waals surface area contributed by atoms with Crippen LogP contribution in [0.3, 0.4) is 0 Å². The third-order valence-electron chi connectivity index (χ3n) is 0.329. The highest BCUT2D eigenvalue weighted by Gasteiger charge is 1.42. The molecule has 0 spiro atoms. The van der Waals surface area contributed by atoms with Crippen molar-refractivity contribution in [1.29, 1.82) is 0 Å². The normalized spacial score (nSPS) is 6.62. The molecule has 0 radical (unpaired) electrons. The van der Waals surface area contributed by atoms with Gasteiger partial charge in [0.1, 0.15) is 0 Å². The van der Waals surface area contributed by atoms with Crippen molar-refractivity contribution in [2.45, 2.75) is 6.92 Å². The van der Waals surface area contributed by atoms with Crippen molar-refractivity contribution in [2.75, 3.05) is 0 Å². The van der Waals surface area contributed by atoms with E-state index in [0.717, 1.165) is 0 Å². The highest BCUT2D eigenvalue weighted by atomic mass is 13.5. The van der Waals surface area contributed by atoms with Gasteiger partial charge in [-0.3, -0.25) is 0 Å². The molecule has 0 aliphatic carbocycles. The Balaban J connectivity index is 0.